The number of carbonyl (C=O) groups excluding carboxylic acids is 2. The van der Waals surface area contributed by atoms with Crippen molar-refractivity contribution in [3.05, 3.63) is 59.4 Å². The lowest BCUT2D eigenvalue weighted by Gasteiger charge is -2.26. The lowest BCUT2D eigenvalue weighted by atomic mass is 10.1. The van der Waals surface area contributed by atoms with Gasteiger partial charge in [0.1, 0.15) is 5.82 Å². The second-order valence-corrected chi connectivity index (χ2v) is 8.12. The fraction of sp³-hybridized carbons (Fsp3) is 0.417. The molecule has 6 heteroatoms. The maximum atomic E-state index is 13.6. The molecule has 2 amide bonds. The summed E-state index contributed by atoms with van der Waals surface area (Å²) in [5.74, 6) is -0.0947. The minimum absolute atomic E-state index is 0.0155. The van der Waals surface area contributed by atoms with Crippen molar-refractivity contribution in [2.75, 3.05) is 24.3 Å². The number of halogens is 1. The van der Waals surface area contributed by atoms with Gasteiger partial charge in [-0.2, -0.15) is 0 Å². The van der Waals surface area contributed by atoms with Gasteiger partial charge in [-0.15, -0.1) is 0 Å². The Labute approximate surface area is 178 Å². The van der Waals surface area contributed by atoms with Crippen molar-refractivity contribution in [2.45, 2.75) is 46.7 Å². The first-order valence-electron chi connectivity index (χ1n) is 10.3. The molecule has 0 saturated heterocycles. The van der Waals surface area contributed by atoms with Crippen molar-refractivity contribution in [2.24, 2.45) is 5.92 Å². The second-order valence-electron chi connectivity index (χ2n) is 8.12. The molecule has 2 aromatic carbocycles. The summed E-state index contributed by atoms with van der Waals surface area (Å²) in [7, 11) is 3.88. The highest BCUT2D eigenvalue weighted by Crippen LogP contribution is 2.26. The third kappa shape index (κ3) is 6.87. The zero-order chi connectivity index (χ0) is 22.3. The van der Waals surface area contributed by atoms with Crippen LogP contribution in [0.25, 0.3) is 0 Å². The van der Waals surface area contributed by atoms with Crippen LogP contribution in [0.3, 0.4) is 0 Å². The van der Waals surface area contributed by atoms with Crippen molar-refractivity contribution in [3.63, 3.8) is 0 Å². The average Bonchev–Trinajstić information content (AvgIpc) is 2.66. The van der Waals surface area contributed by atoms with E-state index in [9.17, 15) is 14.0 Å². The lowest BCUT2D eigenvalue weighted by Crippen LogP contribution is -2.30. The van der Waals surface area contributed by atoms with Crippen molar-refractivity contribution in [1.82, 2.24) is 4.90 Å². The van der Waals surface area contributed by atoms with Crippen LogP contribution in [0.4, 0.5) is 15.8 Å². The van der Waals surface area contributed by atoms with Gasteiger partial charge >= 0.3 is 0 Å². The number of carbonyl (C=O) groups is 2. The molecule has 0 aromatic heterocycles. The van der Waals surface area contributed by atoms with Crippen molar-refractivity contribution < 1.29 is 14.0 Å². The van der Waals surface area contributed by atoms with Crippen LogP contribution >= 0.6 is 0 Å². The third-order valence-electron chi connectivity index (χ3n) is 4.72. The maximum Gasteiger partial charge on any atom is 0.224 e. The van der Waals surface area contributed by atoms with Gasteiger partial charge in [-0.3, -0.25) is 9.59 Å². The number of nitrogens with one attached hydrogen (secondary N) is 1. The van der Waals surface area contributed by atoms with Crippen molar-refractivity contribution in [3.8, 4) is 0 Å². The summed E-state index contributed by atoms with van der Waals surface area (Å²) in [6.45, 7) is 6.50. The van der Waals surface area contributed by atoms with E-state index in [1.807, 2.05) is 64.0 Å². The zero-order valence-electron chi connectivity index (χ0n) is 18.5. The highest BCUT2D eigenvalue weighted by atomic mass is 19.1. The standard InChI is InChI=1S/C24H32FN3O2/c1-6-24(30)28(15-18-8-7-9-20(25)13-18)16-19-14-21(10-11-22(19)27(4)5)26-23(29)12-17(2)3/h7-11,13-14,17H,6,12,15-16H2,1-5H3,(H,26,29). The molecule has 0 aliphatic rings. The zero-order valence-corrected chi connectivity index (χ0v) is 18.5. The van der Waals surface area contributed by atoms with Gasteiger partial charge in [0.15, 0.2) is 0 Å². The fourth-order valence-electron chi connectivity index (χ4n) is 3.33. The molecule has 0 bridgehead atoms. The summed E-state index contributed by atoms with van der Waals surface area (Å²) in [6.07, 6.45) is 0.808. The van der Waals surface area contributed by atoms with Crippen LogP contribution in [-0.2, 0) is 22.7 Å². The van der Waals surface area contributed by atoms with E-state index in [-0.39, 0.29) is 23.5 Å². The highest BCUT2D eigenvalue weighted by Gasteiger charge is 2.17. The van der Waals surface area contributed by atoms with Gasteiger partial charge in [0, 0.05) is 51.4 Å². The van der Waals surface area contributed by atoms with E-state index in [4.69, 9.17) is 0 Å². The van der Waals surface area contributed by atoms with Gasteiger partial charge in [0.25, 0.3) is 0 Å². The fourth-order valence-corrected chi connectivity index (χ4v) is 3.33. The molecule has 5 nitrogen and oxygen atoms in total. The van der Waals surface area contributed by atoms with Crippen LogP contribution < -0.4 is 10.2 Å². The smallest absolute Gasteiger partial charge is 0.224 e. The molecule has 2 aromatic rings. The Morgan fingerprint density at radius 1 is 1.07 bits per heavy atom. The molecule has 0 fully saturated rings. The van der Waals surface area contributed by atoms with Crippen molar-refractivity contribution >= 4 is 23.2 Å². The molecule has 0 heterocycles. The number of anilines is 2. The van der Waals surface area contributed by atoms with Gasteiger partial charge < -0.3 is 15.1 Å². The Morgan fingerprint density at radius 3 is 2.40 bits per heavy atom. The number of hydrogen-bond donors (Lipinski definition) is 1. The lowest BCUT2D eigenvalue weighted by molar-refractivity contribution is -0.132. The van der Waals surface area contributed by atoms with Crippen LogP contribution in [0.15, 0.2) is 42.5 Å². The number of benzene rings is 2. The first-order valence-corrected chi connectivity index (χ1v) is 10.3. The molecule has 0 radical (unpaired) electrons. The second kappa shape index (κ2) is 10.8. The van der Waals surface area contributed by atoms with Crippen LogP contribution in [0.2, 0.25) is 0 Å². The molecule has 0 aliphatic heterocycles. The number of amides is 2. The molecule has 1 N–H and O–H groups in total. The van der Waals surface area contributed by atoms with E-state index in [1.54, 1.807) is 11.0 Å². The molecular weight excluding hydrogens is 381 g/mol. The van der Waals surface area contributed by atoms with Gasteiger partial charge in [0.05, 0.1) is 0 Å². The Morgan fingerprint density at radius 2 is 1.80 bits per heavy atom. The third-order valence-corrected chi connectivity index (χ3v) is 4.72. The molecule has 0 aliphatic carbocycles. The van der Waals surface area contributed by atoms with Crippen LogP contribution in [0, 0.1) is 11.7 Å². The summed E-state index contributed by atoms with van der Waals surface area (Å²) >= 11 is 0. The molecule has 2 rings (SSSR count). The van der Waals surface area contributed by atoms with E-state index in [1.165, 1.54) is 12.1 Å². The molecule has 162 valence electrons. The minimum atomic E-state index is -0.319. The highest BCUT2D eigenvalue weighted by molar-refractivity contribution is 5.91. The summed E-state index contributed by atoms with van der Waals surface area (Å²) in [5.41, 5.74) is 3.33. The van der Waals surface area contributed by atoms with E-state index in [0.717, 1.165) is 16.8 Å². The molecule has 0 saturated carbocycles. The summed E-state index contributed by atoms with van der Waals surface area (Å²) in [6, 6.07) is 12.0. The average molecular weight is 414 g/mol. The maximum absolute atomic E-state index is 13.6. The Balaban J connectivity index is 2.30. The van der Waals surface area contributed by atoms with E-state index >= 15 is 0 Å². The first-order chi connectivity index (χ1) is 14.2. The molecule has 30 heavy (non-hydrogen) atoms. The largest absolute Gasteiger partial charge is 0.377 e. The quantitative estimate of drug-likeness (QED) is 0.642. The SMILES string of the molecule is CCC(=O)N(Cc1cccc(F)c1)Cc1cc(NC(=O)CC(C)C)ccc1N(C)C. The van der Waals surface area contributed by atoms with Gasteiger partial charge in [0.2, 0.25) is 11.8 Å². The van der Waals surface area contributed by atoms with Gasteiger partial charge in [-0.05, 0) is 47.4 Å². The number of rotatable bonds is 9. The molecule has 0 atom stereocenters. The minimum Gasteiger partial charge on any atom is -0.377 e. The van der Waals surface area contributed by atoms with Gasteiger partial charge in [-0.25, -0.2) is 4.39 Å². The summed E-state index contributed by atoms with van der Waals surface area (Å²) < 4.78 is 13.6. The Bertz CT molecular complexity index is 881. The van der Waals surface area contributed by atoms with Crippen molar-refractivity contribution in [1.29, 1.82) is 0 Å². The summed E-state index contributed by atoms with van der Waals surface area (Å²) in [4.78, 5) is 28.5. The van der Waals surface area contributed by atoms with Gasteiger partial charge in [-0.1, -0.05) is 32.9 Å². The first kappa shape index (κ1) is 23.4. The Kier molecular flexibility index (Phi) is 8.39. The van der Waals surface area contributed by atoms with Crippen LogP contribution in [-0.4, -0.2) is 30.8 Å². The number of hydrogen-bond acceptors (Lipinski definition) is 3. The normalized spacial score (nSPS) is 10.8. The number of nitrogens with zero attached hydrogens (tertiary/aromatic N) is 2. The topological polar surface area (TPSA) is 52.7 Å². The van der Waals surface area contributed by atoms with Crippen LogP contribution in [0.1, 0.15) is 44.7 Å². The molecule has 0 unspecified atom stereocenters. The molecule has 0 spiro atoms. The Hall–Kier alpha value is -2.89. The predicted molar refractivity (Wildman–Crippen MR) is 120 cm³/mol. The van der Waals surface area contributed by atoms with E-state index in [0.29, 0.717) is 31.6 Å². The predicted octanol–water partition coefficient (Wildman–Crippen LogP) is 4.82. The monoisotopic (exact) mass is 413 g/mol. The van der Waals surface area contributed by atoms with E-state index in [2.05, 4.69) is 5.32 Å². The molecular formula is C24H32FN3O2. The van der Waals surface area contributed by atoms with Crippen LogP contribution in [0.5, 0.6) is 0 Å². The summed E-state index contributed by atoms with van der Waals surface area (Å²) in [5, 5.41) is 2.94. The van der Waals surface area contributed by atoms with E-state index < -0.39 is 0 Å².